The summed E-state index contributed by atoms with van der Waals surface area (Å²) in [5.41, 5.74) is 2.05. The number of ether oxygens (including phenoxy) is 1. The van der Waals surface area contributed by atoms with Crippen molar-refractivity contribution in [3.8, 4) is 5.75 Å². The van der Waals surface area contributed by atoms with Crippen LogP contribution in [0.3, 0.4) is 0 Å². The number of carbonyl (C=O) groups excluding carboxylic acids is 1. The van der Waals surface area contributed by atoms with Gasteiger partial charge in [-0.1, -0.05) is 18.2 Å². The molecule has 0 bridgehead atoms. The summed E-state index contributed by atoms with van der Waals surface area (Å²) in [6.45, 7) is 2.08. The van der Waals surface area contributed by atoms with Crippen molar-refractivity contribution < 1.29 is 22.3 Å². The Morgan fingerprint density at radius 1 is 1.06 bits per heavy atom. The number of sulfonamides is 1. The van der Waals surface area contributed by atoms with Crippen LogP contribution in [0.2, 0.25) is 0 Å². The summed E-state index contributed by atoms with van der Waals surface area (Å²) in [5.74, 6) is -0.0844. The summed E-state index contributed by atoms with van der Waals surface area (Å²) >= 11 is 0. The van der Waals surface area contributed by atoms with Gasteiger partial charge in [0.1, 0.15) is 11.6 Å². The Bertz CT molecular complexity index is 1190. The Balaban J connectivity index is 1.83. The second kappa shape index (κ2) is 9.18. The Kier molecular flexibility index (Phi) is 6.60. The van der Waals surface area contributed by atoms with Crippen LogP contribution in [0.5, 0.6) is 5.75 Å². The van der Waals surface area contributed by atoms with Crippen molar-refractivity contribution >= 4 is 21.6 Å². The number of halogens is 1. The first-order valence-electron chi connectivity index (χ1n) is 9.47. The van der Waals surface area contributed by atoms with Gasteiger partial charge >= 0.3 is 0 Å². The van der Waals surface area contributed by atoms with Crippen molar-refractivity contribution in [3.63, 3.8) is 0 Å². The molecule has 3 aromatic carbocycles. The molecule has 0 unspecified atom stereocenters. The van der Waals surface area contributed by atoms with E-state index in [-0.39, 0.29) is 22.1 Å². The molecular weight excluding hydrogens is 419 g/mol. The van der Waals surface area contributed by atoms with Crippen molar-refractivity contribution in [3.05, 3.63) is 89.2 Å². The molecule has 1 N–H and O–H groups in total. The highest BCUT2D eigenvalue weighted by atomic mass is 32.2. The summed E-state index contributed by atoms with van der Waals surface area (Å²) < 4.78 is 46.2. The van der Waals surface area contributed by atoms with Crippen LogP contribution in [0.4, 0.5) is 10.1 Å². The maximum absolute atomic E-state index is 13.1. The first kappa shape index (κ1) is 22.3. The van der Waals surface area contributed by atoms with E-state index in [0.717, 1.165) is 17.7 Å². The summed E-state index contributed by atoms with van der Waals surface area (Å²) in [6.07, 6.45) is 0. The van der Waals surface area contributed by atoms with Crippen LogP contribution in [0, 0.1) is 12.7 Å². The summed E-state index contributed by atoms with van der Waals surface area (Å²) in [7, 11) is -0.728. The molecule has 0 aromatic heterocycles. The third kappa shape index (κ3) is 5.40. The molecule has 0 heterocycles. The van der Waals surface area contributed by atoms with Crippen LogP contribution in [-0.2, 0) is 16.6 Å². The maximum atomic E-state index is 13.1. The number of hydrogen-bond acceptors (Lipinski definition) is 4. The van der Waals surface area contributed by atoms with Gasteiger partial charge < -0.3 is 9.64 Å². The zero-order chi connectivity index (χ0) is 22.6. The largest absolute Gasteiger partial charge is 0.497 e. The van der Waals surface area contributed by atoms with Gasteiger partial charge in [-0.15, -0.1) is 0 Å². The molecule has 8 heteroatoms. The van der Waals surface area contributed by atoms with Crippen LogP contribution in [-0.4, -0.2) is 33.4 Å². The second-order valence-corrected chi connectivity index (χ2v) is 8.78. The Labute approximate surface area is 181 Å². The highest BCUT2D eigenvalue weighted by Crippen LogP contribution is 2.21. The van der Waals surface area contributed by atoms with Gasteiger partial charge in [0.2, 0.25) is 0 Å². The lowest BCUT2D eigenvalue weighted by Gasteiger charge is -2.19. The predicted molar refractivity (Wildman–Crippen MR) is 117 cm³/mol. The fourth-order valence-electron chi connectivity index (χ4n) is 3.05. The molecular formula is C23H23FN2O4S. The standard InChI is InChI=1S/C23H23FN2O4S/c1-16-7-12-21(31(28,29)25-19-10-8-18(24)9-11-19)14-22(16)23(27)26(2)15-17-5-4-6-20(13-17)30-3/h4-14,25H,15H2,1-3H3. The van der Waals surface area contributed by atoms with Gasteiger partial charge in [-0.2, -0.15) is 0 Å². The fourth-order valence-corrected chi connectivity index (χ4v) is 4.14. The van der Waals surface area contributed by atoms with Gasteiger partial charge in [0.15, 0.2) is 0 Å². The van der Waals surface area contributed by atoms with Gasteiger partial charge in [0, 0.05) is 24.8 Å². The van der Waals surface area contributed by atoms with E-state index in [0.29, 0.717) is 17.9 Å². The topological polar surface area (TPSA) is 75.7 Å². The highest BCUT2D eigenvalue weighted by Gasteiger charge is 2.20. The third-order valence-corrected chi connectivity index (χ3v) is 6.13. The predicted octanol–water partition coefficient (Wildman–Crippen LogP) is 4.22. The van der Waals surface area contributed by atoms with E-state index in [9.17, 15) is 17.6 Å². The number of aryl methyl sites for hydroxylation is 1. The molecule has 1 amide bonds. The van der Waals surface area contributed by atoms with Crippen molar-refractivity contribution in [2.24, 2.45) is 0 Å². The number of methoxy groups -OCH3 is 1. The third-order valence-electron chi connectivity index (χ3n) is 4.75. The summed E-state index contributed by atoms with van der Waals surface area (Å²) in [5, 5.41) is 0. The highest BCUT2D eigenvalue weighted by molar-refractivity contribution is 7.92. The number of rotatable bonds is 7. The number of amides is 1. The number of nitrogens with one attached hydrogen (secondary N) is 1. The molecule has 0 aliphatic carbocycles. The molecule has 0 aliphatic heterocycles. The van der Waals surface area contributed by atoms with Crippen LogP contribution < -0.4 is 9.46 Å². The van der Waals surface area contributed by atoms with Gasteiger partial charge in [-0.05, 0) is 66.6 Å². The number of carbonyl (C=O) groups is 1. The maximum Gasteiger partial charge on any atom is 0.261 e. The van der Waals surface area contributed by atoms with E-state index in [1.165, 1.54) is 29.2 Å². The van der Waals surface area contributed by atoms with Crippen molar-refractivity contribution in [2.75, 3.05) is 18.9 Å². The molecule has 0 spiro atoms. The first-order chi connectivity index (χ1) is 14.7. The van der Waals surface area contributed by atoms with Crippen LogP contribution in [0.15, 0.2) is 71.6 Å². The Morgan fingerprint density at radius 2 is 1.77 bits per heavy atom. The molecule has 3 aromatic rings. The molecule has 0 fully saturated rings. The van der Waals surface area contributed by atoms with Gasteiger partial charge in [0.05, 0.1) is 12.0 Å². The van der Waals surface area contributed by atoms with Crippen molar-refractivity contribution in [1.29, 1.82) is 0 Å². The zero-order valence-corrected chi connectivity index (χ0v) is 18.2. The Morgan fingerprint density at radius 3 is 2.45 bits per heavy atom. The van der Waals surface area contributed by atoms with E-state index in [2.05, 4.69) is 4.72 Å². The van der Waals surface area contributed by atoms with Crippen LogP contribution in [0.25, 0.3) is 0 Å². The number of benzene rings is 3. The molecule has 0 radical (unpaired) electrons. The second-order valence-electron chi connectivity index (χ2n) is 7.10. The molecule has 31 heavy (non-hydrogen) atoms. The van der Waals surface area contributed by atoms with E-state index in [1.54, 1.807) is 27.1 Å². The van der Waals surface area contributed by atoms with E-state index < -0.39 is 15.8 Å². The average Bonchev–Trinajstić information content (AvgIpc) is 2.75. The molecule has 162 valence electrons. The molecule has 0 aliphatic rings. The summed E-state index contributed by atoms with van der Waals surface area (Å²) in [6, 6.07) is 16.7. The smallest absolute Gasteiger partial charge is 0.261 e. The average molecular weight is 443 g/mol. The van der Waals surface area contributed by atoms with Crippen molar-refractivity contribution in [2.45, 2.75) is 18.4 Å². The van der Waals surface area contributed by atoms with E-state index >= 15 is 0 Å². The fraction of sp³-hybridized carbons (Fsp3) is 0.174. The van der Waals surface area contributed by atoms with Gasteiger partial charge in [0.25, 0.3) is 15.9 Å². The minimum atomic E-state index is -3.95. The van der Waals surface area contributed by atoms with Gasteiger partial charge in [-0.3, -0.25) is 9.52 Å². The monoisotopic (exact) mass is 442 g/mol. The molecule has 3 rings (SSSR count). The first-order valence-corrected chi connectivity index (χ1v) is 11.0. The molecule has 0 saturated carbocycles. The minimum absolute atomic E-state index is 0.0550. The number of hydrogen-bond donors (Lipinski definition) is 1. The normalized spacial score (nSPS) is 11.1. The minimum Gasteiger partial charge on any atom is -0.497 e. The van der Waals surface area contributed by atoms with E-state index in [4.69, 9.17) is 4.74 Å². The van der Waals surface area contributed by atoms with Gasteiger partial charge in [-0.25, -0.2) is 12.8 Å². The number of nitrogens with zero attached hydrogens (tertiary/aromatic N) is 1. The lowest BCUT2D eigenvalue weighted by atomic mass is 10.1. The van der Waals surface area contributed by atoms with E-state index in [1.807, 2.05) is 24.3 Å². The zero-order valence-electron chi connectivity index (χ0n) is 17.4. The van der Waals surface area contributed by atoms with Crippen LogP contribution >= 0.6 is 0 Å². The number of anilines is 1. The Hall–Kier alpha value is -3.39. The summed E-state index contributed by atoms with van der Waals surface area (Å²) in [4.78, 5) is 14.5. The van der Waals surface area contributed by atoms with Crippen LogP contribution in [0.1, 0.15) is 21.5 Å². The quantitative estimate of drug-likeness (QED) is 0.595. The van der Waals surface area contributed by atoms with Crippen molar-refractivity contribution in [1.82, 2.24) is 4.90 Å². The molecule has 0 atom stereocenters. The molecule has 0 saturated heterocycles. The SMILES string of the molecule is COc1cccc(CN(C)C(=O)c2cc(S(=O)(=O)Nc3ccc(F)cc3)ccc2C)c1. The lowest BCUT2D eigenvalue weighted by Crippen LogP contribution is -2.27. The molecule has 6 nitrogen and oxygen atoms in total. The lowest BCUT2D eigenvalue weighted by molar-refractivity contribution is 0.0784.